The van der Waals surface area contributed by atoms with Crippen molar-refractivity contribution < 1.29 is 4.79 Å². The van der Waals surface area contributed by atoms with Crippen LogP contribution in [-0.2, 0) is 4.79 Å². The smallest absolute Gasteiger partial charge is 0.216 e. The van der Waals surface area contributed by atoms with Gasteiger partial charge in [-0.05, 0) is 18.8 Å². The van der Waals surface area contributed by atoms with Crippen molar-refractivity contribution in [2.24, 2.45) is 5.92 Å². The van der Waals surface area contributed by atoms with Gasteiger partial charge in [0.1, 0.15) is 0 Å². The van der Waals surface area contributed by atoms with E-state index < -0.39 is 0 Å². The van der Waals surface area contributed by atoms with E-state index in [1.165, 1.54) is 0 Å². The molecule has 0 aliphatic carbocycles. The maximum Gasteiger partial charge on any atom is 0.216 e. The summed E-state index contributed by atoms with van der Waals surface area (Å²) < 4.78 is 0. The van der Waals surface area contributed by atoms with Crippen molar-refractivity contribution in [2.75, 3.05) is 24.5 Å². The molecule has 0 bridgehead atoms. The Balaban J connectivity index is 1.76. The van der Waals surface area contributed by atoms with Crippen molar-refractivity contribution >= 4 is 22.4 Å². The molecule has 1 saturated heterocycles. The number of anilines is 1. The van der Waals surface area contributed by atoms with Crippen molar-refractivity contribution in [3.05, 3.63) is 11.6 Å². The van der Waals surface area contributed by atoms with Crippen molar-refractivity contribution in [3.8, 4) is 0 Å². The van der Waals surface area contributed by atoms with Crippen molar-refractivity contribution in [1.82, 2.24) is 10.3 Å². The van der Waals surface area contributed by atoms with Gasteiger partial charge in [-0.2, -0.15) is 0 Å². The van der Waals surface area contributed by atoms with Crippen LogP contribution in [0.15, 0.2) is 11.6 Å². The average molecular weight is 239 g/mol. The van der Waals surface area contributed by atoms with Crippen LogP contribution >= 0.6 is 11.3 Å². The van der Waals surface area contributed by atoms with Crippen LogP contribution in [0.3, 0.4) is 0 Å². The van der Waals surface area contributed by atoms with Gasteiger partial charge in [0.05, 0.1) is 0 Å². The van der Waals surface area contributed by atoms with E-state index in [0.29, 0.717) is 5.92 Å². The largest absolute Gasteiger partial charge is 0.356 e. The summed E-state index contributed by atoms with van der Waals surface area (Å²) in [5, 5.41) is 6.03. The quantitative estimate of drug-likeness (QED) is 0.869. The average Bonchev–Trinajstić information content (AvgIpc) is 2.80. The van der Waals surface area contributed by atoms with Gasteiger partial charge in [-0.1, -0.05) is 0 Å². The third kappa shape index (κ3) is 2.95. The van der Waals surface area contributed by atoms with Crippen molar-refractivity contribution in [2.45, 2.75) is 19.8 Å². The Labute approximate surface area is 99.7 Å². The molecule has 1 fully saturated rings. The van der Waals surface area contributed by atoms with Gasteiger partial charge >= 0.3 is 0 Å². The first-order chi connectivity index (χ1) is 7.75. The Morgan fingerprint density at radius 1 is 1.62 bits per heavy atom. The van der Waals surface area contributed by atoms with E-state index in [0.717, 1.165) is 37.6 Å². The second kappa shape index (κ2) is 5.30. The number of aromatic nitrogens is 1. The molecule has 0 atom stereocenters. The third-order valence-corrected chi connectivity index (χ3v) is 3.78. The summed E-state index contributed by atoms with van der Waals surface area (Å²) in [6.07, 6.45) is 4.13. The molecule has 2 heterocycles. The number of rotatable bonds is 3. The van der Waals surface area contributed by atoms with Gasteiger partial charge in [0.15, 0.2) is 5.13 Å². The molecule has 1 amide bonds. The maximum atomic E-state index is 10.8. The van der Waals surface area contributed by atoms with E-state index in [-0.39, 0.29) is 5.91 Å². The summed E-state index contributed by atoms with van der Waals surface area (Å²) in [6, 6.07) is 0. The highest BCUT2D eigenvalue weighted by atomic mass is 32.1. The molecule has 16 heavy (non-hydrogen) atoms. The van der Waals surface area contributed by atoms with Crippen LogP contribution in [0.25, 0.3) is 0 Å². The predicted molar refractivity (Wildman–Crippen MR) is 65.7 cm³/mol. The van der Waals surface area contributed by atoms with Crippen LogP contribution in [-0.4, -0.2) is 30.5 Å². The lowest BCUT2D eigenvalue weighted by Gasteiger charge is -2.31. The Morgan fingerprint density at radius 2 is 2.38 bits per heavy atom. The molecule has 1 aliphatic heterocycles. The van der Waals surface area contributed by atoms with Gasteiger partial charge < -0.3 is 10.2 Å². The Bertz CT molecular complexity index is 331. The second-order valence-corrected chi connectivity index (χ2v) is 5.06. The molecule has 0 unspecified atom stereocenters. The van der Waals surface area contributed by atoms with Gasteiger partial charge in [0.25, 0.3) is 0 Å². The van der Waals surface area contributed by atoms with Gasteiger partial charge in [0, 0.05) is 38.1 Å². The second-order valence-electron chi connectivity index (χ2n) is 4.18. The number of thiazole rings is 1. The first-order valence-corrected chi connectivity index (χ1v) is 6.52. The fourth-order valence-electron chi connectivity index (χ4n) is 1.99. The first-order valence-electron chi connectivity index (χ1n) is 5.64. The standard InChI is InChI=1S/C11H17N3OS/c1-9(15)13-8-10-2-5-14(6-3-10)11-12-4-7-16-11/h4,7,10H,2-3,5-6,8H2,1H3,(H,13,15). The van der Waals surface area contributed by atoms with Crippen LogP contribution in [0.1, 0.15) is 19.8 Å². The predicted octanol–water partition coefficient (Wildman–Crippen LogP) is 1.50. The lowest BCUT2D eigenvalue weighted by molar-refractivity contribution is -0.119. The summed E-state index contributed by atoms with van der Waals surface area (Å²) in [5.41, 5.74) is 0. The fraction of sp³-hybridized carbons (Fsp3) is 0.636. The summed E-state index contributed by atoms with van der Waals surface area (Å²) in [4.78, 5) is 17.4. The number of amides is 1. The normalized spacial score (nSPS) is 17.4. The lowest BCUT2D eigenvalue weighted by atomic mass is 9.97. The zero-order valence-corrected chi connectivity index (χ0v) is 10.3. The highest BCUT2D eigenvalue weighted by Crippen LogP contribution is 2.24. The monoisotopic (exact) mass is 239 g/mol. The van der Waals surface area contributed by atoms with Crippen molar-refractivity contribution in [1.29, 1.82) is 0 Å². The number of carbonyl (C=O) groups excluding carboxylic acids is 1. The zero-order valence-electron chi connectivity index (χ0n) is 9.48. The minimum absolute atomic E-state index is 0.0716. The molecule has 0 aromatic carbocycles. The van der Waals surface area contributed by atoms with E-state index in [2.05, 4.69) is 15.2 Å². The molecular formula is C11H17N3OS. The van der Waals surface area contributed by atoms with Crippen molar-refractivity contribution in [3.63, 3.8) is 0 Å². The molecule has 2 rings (SSSR count). The fourth-order valence-corrected chi connectivity index (χ4v) is 2.69. The van der Waals surface area contributed by atoms with Gasteiger partial charge in [0.2, 0.25) is 5.91 Å². The van der Waals surface area contributed by atoms with Crippen LogP contribution < -0.4 is 10.2 Å². The molecule has 1 aliphatic rings. The minimum atomic E-state index is 0.0716. The Morgan fingerprint density at radius 3 is 2.94 bits per heavy atom. The molecule has 1 aromatic rings. The van der Waals surface area contributed by atoms with E-state index in [4.69, 9.17) is 0 Å². The van der Waals surface area contributed by atoms with Gasteiger partial charge in [-0.25, -0.2) is 4.98 Å². The summed E-state index contributed by atoms with van der Waals surface area (Å²) in [7, 11) is 0. The Hall–Kier alpha value is -1.10. The molecule has 5 heteroatoms. The molecule has 0 radical (unpaired) electrons. The van der Waals surface area contributed by atoms with Gasteiger partial charge in [-0.3, -0.25) is 4.79 Å². The molecular weight excluding hydrogens is 222 g/mol. The van der Waals surface area contributed by atoms with Gasteiger partial charge in [-0.15, -0.1) is 11.3 Å². The molecule has 0 saturated carbocycles. The minimum Gasteiger partial charge on any atom is -0.356 e. The van der Waals surface area contributed by atoms with Crippen LogP contribution in [0, 0.1) is 5.92 Å². The van der Waals surface area contributed by atoms with Crippen LogP contribution in [0.5, 0.6) is 0 Å². The molecule has 4 nitrogen and oxygen atoms in total. The lowest BCUT2D eigenvalue weighted by Crippen LogP contribution is -2.38. The number of piperidine rings is 1. The van der Waals surface area contributed by atoms with Crippen LogP contribution in [0.4, 0.5) is 5.13 Å². The van der Waals surface area contributed by atoms with E-state index in [9.17, 15) is 4.79 Å². The number of carbonyl (C=O) groups is 1. The van der Waals surface area contributed by atoms with E-state index >= 15 is 0 Å². The highest BCUT2D eigenvalue weighted by Gasteiger charge is 2.20. The third-order valence-electron chi connectivity index (χ3n) is 2.94. The zero-order chi connectivity index (χ0) is 11.4. The van der Waals surface area contributed by atoms with E-state index in [1.54, 1.807) is 18.3 Å². The number of hydrogen-bond donors (Lipinski definition) is 1. The topological polar surface area (TPSA) is 45.2 Å². The summed E-state index contributed by atoms with van der Waals surface area (Å²) in [5.74, 6) is 0.697. The van der Waals surface area contributed by atoms with E-state index in [1.807, 2.05) is 11.6 Å². The number of nitrogens with one attached hydrogen (secondary N) is 1. The SMILES string of the molecule is CC(=O)NCC1CCN(c2nccs2)CC1. The molecule has 1 N–H and O–H groups in total. The molecule has 1 aromatic heterocycles. The molecule has 88 valence electrons. The first kappa shape index (κ1) is 11.4. The number of hydrogen-bond acceptors (Lipinski definition) is 4. The summed E-state index contributed by atoms with van der Waals surface area (Å²) in [6.45, 7) is 4.50. The molecule has 0 spiro atoms. The Kier molecular flexibility index (Phi) is 3.77. The highest BCUT2D eigenvalue weighted by molar-refractivity contribution is 7.13. The number of nitrogens with zero attached hydrogens (tertiary/aromatic N) is 2. The maximum absolute atomic E-state index is 10.8. The van der Waals surface area contributed by atoms with Crippen LogP contribution in [0.2, 0.25) is 0 Å². The summed E-state index contributed by atoms with van der Waals surface area (Å²) >= 11 is 1.69.